The SMILES string of the molecule is c1ncc(-c2nc(N3CCC(C4CCCN4)CC3)n[nH]2)s1. The van der Waals surface area contributed by atoms with Crippen LogP contribution in [0.15, 0.2) is 11.7 Å². The number of hydrogen-bond donors (Lipinski definition) is 2. The monoisotopic (exact) mass is 304 g/mol. The molecule has 0 spiro atoms. The highest BCUT2D eigenvalue weighted by Crippen LogP contribution is 2.28. The van der Waals surface area contributed by atoms with Gasteiger partial charge in [-0.25, -0.2) is 0 Å². The van der Waals surface area contributed by atoms with Gasteiger partial charge in [0.15, 0.2) is 5.82 Å². The number of aromatic nitrogens is 4. The van der Waals surface area contributed by atoms with Crippen molar-refractivity contribution in [3.8, 4) is 10.7 Å². The van der Waals surface area contributed by atoms with Crippen LogP contribution in [0.5, 0.6) is 0 Å². The molecule has 2 N–H and O–H groups in total. The van der Waals surface area contributed by atoms with E-state index in [1.165, 1.54) is 32.2 Å². The van der Waals surface area contributed by atoms with Crippen molar-refractivity contribution in [3.63, 3.8) is 0 Å². The minimum atomic E-state index is 0.743. The Labute approximate surface area is 128 Å². The smallest absolute Gasteiger partial charge is 0.245 e. The van der Waals surface area contributed by atoms with Gasteiger partial charge >= 0.3 is 0 Å². The second-order valence-corrected chi connectivity index (χ2v) is 6.76. The number of H-pyrrole nitrogens is 1. The lowest BCUT2D eigenvalue weighted by Gasteiger charge is -2.34. The largest absolute Gasteiger partial charge is 0.340 e. The summed E-state index contributed by atoms with van der Waals surface area (Å²) in [5, 5.41) is 11.0. The number of anilines is 1. The quantitative estimate of drug-likeness (QED) is 0.906. The second-order valence-electron chi connectivity index (χ2n) is 5.88. The van der Waals surface area contributed by atoms with Crippen LogP contribution in [0.2, 0.25) is 0 Å². The fraction of sp³-hybridized carbons (Fsp3) is 0.643. The van der Waals surface area contributed by atoms with Crippen LogP contribution in [-0.4, -0.2) is 45.8 Å². The molecule has 0 radical (unpaired) electrons. The Morgan fingerprint density at radius 3 is 2.86 bits per heavy atom. The summed E-state index contributed by atoms with van der Waals surface area (Å²) in [5.74, 6) is 2.48. The first-order chi connectivity index (χ1) is 10.4. The molecular weight excluding hydrogens is 284 g/mol. The van der Waals surface area contributed by atoms with E-state index < -0.39 is 0 Å². The van der Waals surface area contributed by atoms with E-state index in [1.807, 2.05) is 11.7 Å². The average Bonchev–Trinajstić information content (AvgIpc) is 3.27. The molecule has 0 amide bonds. The predicted octanol–water partition coefficient (Wildman–Crippen LogP) is 1.90. The molecule has 4 rings (SSSR count). The lowest BCUT2D eigenvalue weighted by Crippen LogP contribution is -2.41. The zero-order valence-corrected chi connectivity index (χ0v) is 12.8. The molecule has 2 fully saturated rings. The Balaban J connectivity index is 1.39. The van der Waals surface area contributed by atoms with Crippen molar-refractivity contribution in [2.24, 2.45) is 5.92 Å². The van der Waals surface area contributed by atoms with Crippen LogP contribution in [0.25, 0.3) is 10.7 Å². The van der Waals surface area contributed by atoms with Crippen molar-refractivity contribution in [3.05, 3.63) is 11.7 Å². The topological polar surface area (TPSA) is 69.7 Å². The summed E-state index contributed by atoms with van der Waals surface area (Å²) in [6.45, 7) is 3.32. The number of piperidine rings is 1. The molecule has 0 aromatic carbocycles. The number of rotatable bonds is 3. The number of hydrogen-bond acceptors (Lipinski definition) is 6. The maximum atomic E-state index is 4.61. The summed E-state index contributed by atoms with van der Waals surface area (Å²) in [6, 6.07) is 0.743. The summed E-state index contributed by atoms with van der Waals surface area (Å²) in [7, 11) is 0. The highest BCUT2D eigenvalue weighted by atomic mass is 32.1. The van der Waals surface area contributed by atoms with E-state index in [4.69, 9.17) is 0 Å². The third kappa shape index (κ3) is 2.67. The van der Waals surface area contributed by atoms with E-state index in [0.717, 1.165) is 41.7 Å². The number of nitrogens with one attached hydrogen (secondary N) is 2. The van der Waals surface area contributed by atoms with Crippen molar-refractivity contribution >= 4 is 17.3 Å². The third-order valence-electron chi connectivity index (χ3n) is 4.63. The van der Waals surface area contributed by atoms with Crippen molar-refractivity contribution in [2.45, 2.75) is 31.7 Å². The lowest BCUT2D eigenvalue weighted by molar-refractivity contribution is 0.317. The Morgan fingerprint density at radius 1 is 1.24 bits per heavy atom. The molecule has 112 valence electrons. The van der Waals surface area contributed by atoms with Crippen LogP contribution in [-0.2, 0) is 0 Å². The predicted molar refractivity (Wildman–Crippen MR) is 83.5 cm³/mol. The first kappa shape index (κ1) is 13.2. The lowest BCUT2D eigenvalue weighted by atomic mass is 9.89. The van der Waals surface area contributed by atoms with Gasteiger partial charge in [-0.15, -0.1) is 16.4 Å². The van der Waals surface area contributed by atoms with Gasteiger partial charge in [0.25, 0.3) is 0 Å². The highest BCUT2D eigenvalue weighted by molar-refractivity contribution is 7.13. The van der Waals surface area contributed by atoms with Gasteiger partial charge in [-0.05, 0) is 38.1 Å². The maximum absolute atomic E-state index is 4.61. The first-order valence-electron chi connectivity index (χ1n) is 7.70. The zero-order valence-electron chi connectivity index (χ0n) is 12.0. The fourth-order valence-electron chi connectivity index (χ4n) is 3.45. The van der Waals surface area contributed by atoms with Crippen LogP contribution in [0.1, 0.15) is 25.7 Å². The molecule has 0 aliphatic carbocycles. The van der Waals surface area contributed by atoms with Gasteiger partial charge in [0, 0.05) is 25.3 Å². The molecule has 1 atom stereocenters. The van der Waals surface area contributed by atoms with Crippen LogP contribution >= 0.6 is 11.3 Å². The minimum Gasteiger partial charge on any atom is -0.340 e. The van der Waals surface area contributed by atoms with E-state index in [-0.39, 0.29) is 0 Å². The summed E-state index contributed by atoms with van der Waals surface area (Å²) in [6.07, 6.45) is 6.99. The van der Waals surface area contributed by atoms with Crippen molar-refractivity contribution in [1.29, 1.82) is 0 Å². The van der Waals surface area contributed by atoms with E-state index in [1.54, 1.807) is 11.3 Å². The third-order valence-corrected chi connectivity index (χ3v) is 5.41. The maximum Gasteiger partial charge on any atom is 0.245 e. The van der Waals surface area contributed by atoms with Gasteiger partial charge in [0.2, 0.25) is 5.95 Å². The van der Waals surface area contributed by atoms with Crippen LogP contribution in [0.3, 0.4) is 0 Å². The fourth-order valence-corrected chi connectivity index (χ4v) is 4.01. The zero-order chi connectivity index (χ0) is 14.1. The van der Waals surface area contributed by atoms with Crippen LogP contribution < -0.4 is 10.2 Å². The molecular formula is C14H20N6S. The highest BCUT2D eigenvalue weighted by Gasteiger charge is 2.29. The molecule has 2 aliphatic rings. The molecule has 2 saturated heterocycles. The van der Waals surface area contributed by atoms with E-state index >= 15 is 0 Å². The number of aromatic amines is 1. The molecule has 4 heterocycles. The minimum absolute atomic E-state index is 0.743. The number of nitrogens with zero attached hydrogens (tertiary/aromatic N) is 4. The van der Waals surface area contributed by atoms with Crippen molar-refractivity contribution in [1.82, 2.24) is 25.5 Å². The average molecular weight is 304 g/mol. The van der Waals surface area contributed by atoms with Gasteiger partial charge in [-0.3, -0.25) is 10.1 Å². The van der Waals surface area contributed by atoms with Gasteiger partial charge < -0.3 is 10.2 Å². The standard InChI is InChI=1S/C14H20N6S/c1-2-11(16-5-1)10-3-6-20(7-4-10)14-17-13(18-19-14)12-8-15-9-21-12/h8-11,16H,1-7H2,(H,17,18,19). The summed E-state index contributed by atoms with van der Waals surface area (Å²) < 4.78 is 0. The van der Waals surface area contributed by atoms with Gasteiger partial charge in [-0.2, -0.15) is 4.98 Å². The summed E-state index contributed by atoms with van der Waals surface area (Å²) >= 11 is 1.58. The van der Waals surface area contributed by atoms with E-state index in [0.29, 0.717) is 0 Å². The molecule has 1 unspecified atom stereocenters. The summed E-state index contributed by atoms with van der Waals surface area (Å²) in [4.78, 5) is 12.0. The normalized spacial score (nSPS) is 23.8. The molecule has 2 aromatic heterocycles. The Bertz CT molecular complexity index is 566. The molecule has 21 heavy (non-hydrogen) atoms. The molecule has 0 saturated carbocycles. The van der Waals surface area contributed by atoms with Crippen molar-refractivity contribution in [2.75, 3.05) is 24.5 Å². The van der Waals surface area contributed by atoms with Gasteiger partial charge in [0.1, 0.15) is 0 Å². The number of thiazole rings is 1. The summed E-state index contributed by atoms with van der Waals surface area (Å²) in [5.41, 5.74) is 1.82. The Hall–Kier alpha value is -1.47. The van der Waals surface area contributed by atoms with E-state index in [2.05, 4.69) is 30.4 Å². The molecule has 2 aromatic rings. The first-order valence-corrected chi connectivity index (χ1v) is 8.58. The van der Waals surface area contributed by atoms with Gasteiger partial charge in [-0.1, -0.05) is 0 Å². The molecule has 6 nitrogen and oxygen atoms in total. The molecule has 2 aliphatic heterocycles. The van der Waals surface area contributed by atoms with Gasteiger partial charge in [0.05, 0.1) is 10.4 Å². The van der Waals surface area contributed by atoms with Crippen LogP contribution in [0.4, 0.5) is 5.95 Å². The van der Waals surface area contributed by atoms with Crippen molar-refractivity contribution < 1.29 is 0 Å². The Morgan fingerprint density at radius 2 is 2.14 bits per heavy atom. The van der Waals surface area contributed by atoms with Crippen LogP contribution in [0, 0.1) is 5.92 Å². The van der Waals surface area contributed by atoms with E-state index in [9.17, 15) is 0 Å². The second kappa shape index (κ2) is 5.73. The molecule has 7 heteroatoms. The Kier molecular flexibility index (Phi) is 3.60. The molecule has 0 bridgehead atoms.